The molecule has 2 N–H and O–H groups in total. The SMILES string of the molecule is COc1ccc(CNC(C)(C)C(C)(C)O)cc1C. The summed E-state index contributed by atoms with van der Waals surface area (Å²) in [5.41, 5.74) is 1.19. The normalized spacial score (nSPS) is 12.6. The predicted octanol–water partition coefficient (Wildman–Crippen LogP) is 2.64. The number of rotatable bonds is 5. The van der Waals surface area contributed by atoms with Crippen LogP contribution in [0.25, 0.3) is 0 Å². The topological polar surface area (TPSA) is 41.5 Å². The van der Waals surface area contributed by atoms with Gasteiger partial charge in [-0.05, 0) is 51.8 Å². The molecule has 102 valence electrons. The molecule has 0 aliphatic heterocycles. The van der Waals surface area contributed by atoms with Crippen molar-refractivity contribution < 1.29 is 9.84 Å². The first-order chi connectivity index (χ1) is 8.17. The third kappa shape index (κ3) is 3.47. The number of hydrogen-bond donors (Lipinski definition) is 2. The number of aryl methyl sites for hydroxylation is 1. The summed E-state index contributed by atoms with van der Waals surface area (Å²) >= 11 is 0. The molecule has 0 saturated heterocycles. The molecule has 0 atom stereocenters. The zero-order valence-corrected chi connectivity index (χ0v) is 12.3. The Labute approximate surface area is 110 Å². The first-order valence-electron chi connectivity index (χ1n) is 6.28. The van der Waals surface area contributed by atoms with Crippen molar-refractivity contribution in [3.63, 3.8) is 0 Å². The molecule has 1 aromatic rings. The lowest BCUT2D eigenvalue weighted by atomic mass is 9.86. The molecule has 0 aliphatic rings. The van der Waals surface area contributed by atoms with E-state index in [0.29, 0.717) is 0 Å². The van der Waals surface area contributed by atoms with Gasteiger partial charge in [-0.2, -0.15) is 0 Å². The molecule has 3 nitrogen and oxygen atoms in total. The second kappa shape index (κ2) is 5.29. The molecular formula is C15H25NO2. The lowest BCUT2D eigenvalue weighted by molar-refractivity contribution is -0.00532. The molecule has 0 saturated carbocycles. The molecule has 0 heterocycles. The molecule has 18 heavy (non-hydrogen) atoms. The van der Waals surface area contributed by atoms with Crippen molar-refractivity contribution in [3.8, 4) is 5.75 Å². The molecule has 1 aromatic carbocycles. The van der Waals surface area contributed by atoms with E-state index in [-0.39, 0.29) is 5.54 Å². The van der Waals surface area contributed by atoms with Gasteiger partial charge in [0.15, 0.2) is 0 Å². The van der Waals surface area contributed by atoms with Crippen molar-refractivity contribution in [1.82, 2.24) is 5.32 Å². The summed E-state index contributed by atoms with van der Waals surface area (Å²) in [6, 6.07) is 6.12. The van der Waals surface area contributed by atoms with Crippen molar-refractivity contribution in [2.75, 3.05) is 7.11 Å². The summed E-state index contributed by atoms with van der Waals surface area (Å²) in [7, 11) is 1.68. The molecule has 3 heteroatoms. The fourth-order valence-electron chi connectivity index (χ4n) is 1.59. The van der Waals surface area contributed by atoms with Crippen molar-refractivity contribution in [1.29, 1.82) is 0 Å². The summed E-state index contributed by atoms with van der Waals surface area (Å²) in [6.07, 6.45) is 0. The highest BCUT2D eigenvalue weighted by Gasteiger charge is 2.34. The van der Waals surface area contributed by atoms with Crippen LogP contribution in [-0.4, -0.2) is 23.4 Å². The molecule has 0 unspecified atom stereocenters. The monoisotopic (exact) mass is 251 g/mol. The highest BCUT2D eigenvalue weighted by atomic mass is 16.5. The average molecular weight is 251 g/mol. The van der Waals surface area contributed by atoms with E-state index in [4.69, 9.17) is 4.74 Å². The number of hydrogen-bond acceptors (Lipinski definition) is 3. The maximum absolute atomic E-state index is 10.1. The average Bonchev–Trinajstić information content (AvgIpc) is 2.25. The van der Waals surface area contributed by atoms with Crippen molar-refractivity contribution in [2.45, 2.75) is 52.3 Å². The minimum atomic E-state index is -0.769. The molecule has 0 aliphatic carbocycles. The van der Waals surface area contributed by atoms with Gasteiger partial charge in [-0.25, -0.2) is 0 Å². The Bertz CT molecular complexity index is 405. The van der Waals surface area contributed by atoms with Gasteiger partial charge in [0.2, 0.25) is 0 Å². The Balaban J connectivity index is 2.73. The van der Waals surface area contributed by atoms with Crippen LogP contribution in [0.1, 0.15) is 38.8 Å². The zero-order chi connectivity index (χ0) is 14.0. The second-order valence-electron chi connectivity index (χ2n) is 5.84. The Morgan fingerprint density at radius 3 is 2.28 bits per heavy atom. The predicted molar refractivity (Wildman–Crippen MR) is 74.9 cm³/mol. The number of benzene rings is 1. The highest BCUT2D eigenvalue weighted by Crippen LogP contribution is 2.22. The molecule has 0 fully saturated rings. The molecule has 1 rings (SSSR count). The van der Waals surface area contributed by atoms with Crippen LogP contribution >= 0.6 is 0 Å². The Hall–Kier alpha value is -1.06. The van der Waals surface area contributed by atoms with Gasteiger partial charge >= 0.3 is 0 Å². The van der Waals surface area contributed by atoms with Gasteiger partial charge in [-0.3, -0.25) is 0 Å². The van der Waals surface area contributed by atoms with E-state index in [1.165, 1.54) is 5.56 Å². The number of ether oxygens (including phenoxy) is 1. The molecular weight excluding hydrogens is 226 g/mol. The van der Waals surface area contributed by atoms with Crippen LogP contribution in [0.3, 0.4) is 0 Å². The highest BCUT2D eigenvalue weighted by molar-refractivity contribution is 5.36. The Kier molecular flexibility index (Phi) is 4.41. The third-order valence-corrected chi connectivity index (χ3v) is 3.72. The van der Waals surface area contributed by atoms with E-state index < -0.39 is 5.60 Å². The first kappa shape index (κ1) is 15.0. The molecule has 0 radical (unpaired) electrons. The summed E-state index contributed by atoms with van der Waals surface area (Å²) in [5.74, 6) is 0.903. The van der Waals surface area contributed by atoms with Gasteiger partial charge in [-0.15, -0.1) is 0 Å². The van der Waals surface area contributed by atoms with Crippen LogP contribution < -0.4 is 10.1 Å². The molecule has 0 amide bonds. The molecule has 0 spiro atoms. The van der Waals surface area contributed by atoms with Crippen LogP contribution in [0.4, 0.5) is 0 Å². The Morgan fingerprint density at radius 2 is 1.83 bits per heavy atom. The minimum Gasteiger partial charge on any atom is -0.496 e. The van der Waals surface area contributed by atoms with Crippen LogP contribution in [0.2, 0.25) is 0 Å². The number of aliphatic hydroxyl groups is 1. The van der Waals surface area contributed by atoms with Crippen LogP contribution in [0.5, 0.6) is 5.75 Å². The second-order valence-corrected chi connectivity index (χ2v) is 5.84. The van der Waals surface area contributed by atoms with E-state index >= 15 is 0 Å². The molecule has 0 bridgehead atoms. The third-order valence-electron chi connectivity index (χ3n) is 3.72. The standard InChI is InChI=1S/C15H25NO2/c1-11-9-12(7-8-13(11)18-6)10-16-14(2,3)15(4,5)17/h7-9,16-17H,10H2,1-6H3. The lowest BCUT2D eigenvalue weighted by Crippen LogP contribution is -2.55. The van der Waals surface area contributed by atoms with Gasteiger partial charge in [0, 0.05) is 12.1 Å². The summed E-state index contributed by atoms with van der Waals surface area (Å²) in [4.78, 5) is 0. The van der Waals surface area contributed by atoms with Crippen molar-refractivity contribution in [3.05, 3.63) is 29.3 Å². The maximum Gasteiger partial charge on any atom is 0.121 e. The van der Waals surface area contributed by atoms with E-state index in [0.717, 1.165) is 17.9 Å². The van der Waals surface area contributed by atoms with Crippen molar-refractivity contribution in [2.24, 2.45) is 0 Å². The zero-order valence-electron chi connectivity index (χ0n) is 12.3. The van der Waals surface area contributed by atoms with Crippen molar-refractivity contribution >= 4 is 0 Å². The van der Waals surface area contributed by atoms with Gasteiger partial charge in [0.05, 0.1) is 12.7 Å². The van der Waals surface area contributed by atoms with Gasteiger partial charge in [0.25, 0.3) is 0 Å². The minimum absolute atomic E-state index is 0.346. The molecule has 0 aromatic heterocycles. The maximum atomic E-state index is 10.1. The van der Waals surface area contributed by atoms with Gasteiger partial charge in [0.1, 0.15) is 5.75 Å². The number of methoxy groups -OCH3 is 1. The van der Waals surface area contributed by atoms with Gasteiger partial charge < -0.3 is 15.2 Å². The summed E-state index contributed by atoms with van der Waals surface area (Å²) < 4.78 is 5.24. The first-order valence-corrected chi connectivity index (χ1v) is 6.28. The largest absolute Gasteiger partial charge is 0.496 e. The van der Waals surface area contributed by atoms with Crippen LogP contribution in [-0.2, 0) is 6.54 Å². The number of nitrogens with one attached hydrogen (secondary N) is 1. The van der Waals surface area contributed by atoms with Crippen LogP contribution in [0, 0.1) is 6.92 Å². The van der Waals surface area contributed by atoms with Crippen LogP contribution in [0.15, 0.2) is 18.2 Å². The van der Waals surface area contributed by atoms with E-state index in [2.05, 4.69) is 11.4 Å². The van der Waals surface area contributed by atoms with E-state index in [9.17, 15) is 5.11 Å². The smallest absolute Gasteiger partial charge is 0.121 e. The Morgan fingerprint density at radius 1 is 1.22 bits per heavy atom. The summed E-state index contributed by atoms with van der Waals surface area (Å²) in [6.45, 7) is 10.4. The fourth-order valence-corrected chi connectivity index (χ4v) is 1.59. The quantitative estimate of drug-likeness (QED) is 0.845. The lowest BCUT2D eigenvalue weighted by Gasteiger charge is -2.38. The summed E-state index contributed by atoms with van der Waals surface area (Å²) in [5, 5.41) is 13.5. The van der Waals surface area contributed by atoms with E-state index in [1.807, 2.05) is 46.8 Å². The fraction of sp³-hybridized carbons (Fsp3) is 0.600. The van der Waals surface area contributed by atoms with Gasteiger partial charge in [-0.1, -0.05) is 12.1 Å². The van der Waals surface area contributed by atoms with E-state index in [1.54, 1.807) is 7.11 Å².